The van der Waals surface area contributed by atoms with E-state index in [9.17, 15) is 9.50 Å². The molecule has 0 fully saturated rings. The summed E-state index contributed by atoms with van der Waals surface area (Å²) in [5, 5.41) is 10.1. The molecule has 0 aliphatic carbocycles. The van der Waals surface area contributed by atoms with Crippen LogP contribution in [0.4, 0.5) is 4.39 Å². The number of nitrogens with two attached hydrogens (primary N) is 1. The van der Waals surface area contributed by atoms with Crippen LogP contribution < -0.4 is 5.73 Å². The number of likely N-dealkylation sites (N-methyl/N-ethyl adjacent to an activating group) is 1. The SMILES string of the molecule is CN1CC(c2ccc(O)c(F)c2)c2c(Cl)cccc2C1CN. The first-order valence-electron chi connectivity index (χ1n) is 7.20. The molecular formula is C17H18ClFN2O. The van der Waals surface area contributed by atoms with Crippen molar-refractivity contribution in [2.75, 3.05) is 20.1 Å². The molecule has 2 aromatic rings. The lowest BCUT2D eigenvalue weighted by Gasteiger charge is -2.39. The van der Waals surface area contributed by atoms with E-state index < -0.39 is 5.82 Å². The second kappa shape index (κ2) is 5.88. The van der Waals surface area contributed by atoms with Gasteiger partial charge in [0, 0.05) is 30.1 Å². The maximum Gasteiger partial charge on any atom is 0.165 e. The van der Waals surface area contributed by atoms with Crippen molar-refractivity contribution in [3.05, 3.63) is 63.9 Å². The Morgan fingerprint density at radius 3 is 2.82 bits per heavy atom. The van der Waals surface area contributed by atoms with Gasteiger partial charge >= 0.3 is 0 Å². The van der Waals surface area contributed by atoms with Crippen molar-refractivity contribution in [1.29, 1.82) is 0 Å². The molecule has 5 heteroatoms. The maximum atomic E-state index is 13.7. The number of aromatic hydroxyl groups is 1. The zero-order chi connectivity index (χ0) is 15.9. The molecule has 3 nitrogen and oxygen atoms in total. The Labute approximate surface area is 134 Å². The van der Waals surface area contributed by atoms with Gasteiger partial charge in [0.2, 0.25) is 0 Å². The number of benzene rings is 2. The van der Waals surface area contributed by atoms with Crippen LogP contribution in [0.2, 0.25) is 5.02 Å². The molecule has 22 heavy (non-hydrogen) atoms. The molecule has 2 atom stereocenters. The number of hydrogen-bond donors (Lipinski definition) is 2. The van der Waals surface area contributed by atoms with Crippen molar-refractivity contribution < 1.29 is 9.50 Å². The van der Waals surface area contributed by atoms with E-state index in [0.717, 1.165) is 16.7 Å². The largest absolute Gasteiger partial charge is 0.505 e. The Morgan fingerprint density at radius 2 is 2.14 bits per heavy atom. The molecule has 116 valence electrons. The Kier molecular flexibility index (Phi) is 4.08. The van der Waals surface area contributed by atoms with Crippen LogP contribution in [0, 0.1) is 5.82 Å². The monoisotopic (exact) mass is 320 g/mol. The number of halogens is 2. The third kappa shape index (κ3) is 2.47. The molecule has 0 amide bonds. The third-order valence-corrected chi connectivity index (χ3v) is 4.72. The molecule has 1 heterocycles. The van der Waals surface area contributed by atoms with Gasteiger partial charge in [0.1, 0.15) is 0 Å². The first-order chi connectivity index (χ1) is 10.5. The fourth-order valence-electron chi connectivity index (χ4n) is 3.27. The summed E-state index contributed by atoms with van der Waals surface area (Å²) in [5.74, 6) is -1.01. The highest BCUT2D eigenvalue weighted by Crippen LogP contribution is 2.42. The van der Waals surface area contributed by atoms with Gasteiger partial charge in [-0.1, -0.05) is 29.8 Å². The van der Waals surface area contributed by atoms with E-state index in [1.165, 1.54) is 12.1 Å². The molecule has 0 aromatic heterocycles. The van der Waals surface area contributed by atoms with Crippen molar-refractivity contribution in [2.45, 2.75) is 12.0 Å². The van der Waals surface area contributed by atoms with Crippen LogP contribution in [0.5, 0.6) is 5.75 Å². The fourth-order valence-corrected chi connectivity index (χ4v) is 3.59. The molecule has 3 N–H and O–H groups in total. The zero-order valence-electron chi connectivity index (χ0n) is 12.3. The molecule has 0 spiro atoms. The molecule has 0 bridgehead atoms. The van der Waals surface area contributed by atoms with Crippen LogP contribution in [-0.2, 0) is 0 Å². The summed E-state index contributed by atoms with van der Waals surface area (Å²) in [6.45, 7) is 1.20. The van der Waals surface area contributed by atoms with Gasteiger partial charge in [-0.3, -0.25) is 4.90 Å². The molecular weight excluding hydrogens is 303 g/mol. The van der Waals surface area contributed by atoms with E-state index in [0.29, 0.717) is 18.1 Å². The smallest absolute Gasteiger partial charge is 0.165 e. The van der Waals surface area contributed by atoms with Gasteiger partial charge in [-0.2, -0.15) is 0 Å². The highest BCUT2D eigenvalue weighted by atomic mass is 35.5. The quantitative estimate of drug-likeness (QED) is 0.893. The van der Waals surface area contributed by atoms with Crippen molar-refractivity contribution in [2.24, 2.45) is 5.73 Å². The van der Waals surface area contributed by atoms with Crippen molar-refractivity contribution in [1.82, 2.24) is 4.90 Å². The van der Waals surface area contributed by atoms with Gasteiger partial charge in [-0.05, 0) is 41.9 Å². The second-order valence-electron chi connectivity index (χ2n) is 5.70. The lowest BCUT2D eigenvalue weighted by atomic mass is 9.81. The lowest BCUT2D eigenvalue weighted by Crippen LogP contribution is -2.39. The van der Waals surface area contributed by atoms with Crippen LogP contribution >= 0.6 is 11.6 Å². The molecule has 1 aliphatic rings. The lowest BCUT2D eigenvalue weighted by molar-refractivity contribution is 0.223. The predicted molar refractivity (Wildman–Crippen MR) is 85.8 cm³/mol. The molecule has 0 radical (unpaired) electrons. The van der Waals surface area contributed by atoms with Crippen molar-refractivity contribution in [3.63, 3.8) is 0 Å². The number of phenols is 1. The molecule has 3 rings (SSSR count). The Balaban J connectivity index is 2.15. The number of nitrogens with zero attached hydrogens (tertiary/aromatic N) is 1. The van der Waals surface area contributed by atoms with Gasteiger partial charge < -0.3 is 10.8 Å². The first kappa shape index (κ1) is 15.3. The summed E-state index contributed by atoms with van der Waals surface area (Å²) >= 11 is 6.43. The Bertz CT molecular complexity index is 707. The van der Waals surface area contributed by atoms with Gasteiger partial charge in [-0.15, -0.1) is 0 Å². The van der Waals surface area contributed by atoms with Crippen LogP contribution in [0.3, 0.4) is 0 Å². The number of hydrogen-bond acceptors (Lipinski definition) is 3. The molecule has 0 saturated heterocycles. The normalized spacial score (nSPS) is 21.6. The van der Waals surface area contributed by atoms with Crippen LogP contribution in [-0.4, -0.2) is 30.1 Å². The van der Waals surface area contributed by atoms with E-state index in [2.05, 4.69) is 4.90 Å². The average molecular weight is 321 g/mol. The van der Waals surface area contributed by atoms with E-state index >= 15 is 0 Å². The maximum absolute atomic E-state index is 13.7. The predicted octanol–water partition coefficient (Wildman–Crippen LogP) is 3.26. The summed E-state index contributed by atoms with van der Waals surface area (Å²) in [5.41, 5.74) is 8.79. The fraction of sp³-hybridized carbons (Fsp3) is 0.294. The summed E-state index contributed by atoms with van der Waals surface area (Å²) in [4.78, 5) is 2.16. The summed E-state index contributed by atoms with van der Waals surface area (Å²) in [6.07, 6.45) is 0. The highest BCUT2D eigenvalue weighted by molar-refractivity contribution is 6.31. The summed E-state index contributed by atoms with van der Waals surface area (Å²) < 4.78 is 13.7. The van der Waals surface area contributed by atoms with Crippen LogP contribution in [0.25, 0.3) is 0 Å². The van der Waals surface area contributed by atoms with E-state index in [1.807, 2.05) is 25.2 Å². The minimum absolute atomic E-state index is 0.0494. The van der Waals surface area contributed by atoms with Gasteiger partial charge in [0.25, 0.3) is 0 Å². The molecule has 2 aromatic carbocycles. The first-order valence-corrected chi connectivity index (χ1v) is 7.57. The highest BCUT2D eigenvalue weighted by Gasteiger charge is 2.32. The van der Waals surface area contributed by atoms with E-state index in [1.54, 1.807) is 6.07 Å². The van der Waals surface area contributed by atoms with E-state index in [-0.39, 0.29) is 17.7 Å². The number of fused-ring (bicyclic) bond motifs is 1. The third-order valence-electron chi connectivity index (χ3n) is 4.39. The summed E-state index contributed by atoms with van der Waals surface area (Å²) in [7, 11) is 2.01. The van der Waals surface area contributed by atoms with Crippen molar-refractivity contribution >= 4 is 11.6 Å². The zero-order valence-corrected chi connectivity index (χ0v) is 13.0. The Hall–Kier alpha value is -1.62. The minimum Gasteiger partial charge on any atom is -0.505 e. The van der Waals surface area contributed by atoms with E-state index in [4.69, 9.17) is 17.3 Å². The molecule has 2 unspecified atom stereocenters. The second-order valence-corrected chi connectivity index (χ2v) is 6.10. The number of rotatable bonds is 2. The standard InChI is InChI=1S/C17H18ClFN2O/c1-21-9-12(10-5-6-16(22)14(19)7-10)17-11(15(21)8-20)3-2-4-13(17)18/h2-7,12,15,22H,8-9,20H2,1H3. The molecule has 1 aliphatic heterocycles. The minimum atomic E-state index is -0.616. The van der Waals surface area contributed by atoms with Crippen molar-refractivity contribution in [3.8, 4) is 5.75 Å². The Morgan fingerprint density at radius 1 is 1.36 bits per heavy atom. The topological polar surface area (TPSA) is 49.5 Å². The van der Waals surface area contributed by atoms with Crippen LogP contribution in [0.15, 0.2) is 36.4 Å². The summed E-state index contributed by atoms with van der Waals surface area (Å²) in [6, 6.07) is 10.4. The average Bonchev–Trinajstić information content (AvgIpc) is 2.49. The van der Waals surface area contributed by atoms with Crippen LogP contribution in [0.1, 0.15) is 28.7 Å². The van der Waals surface area contributed by atoms with Gasteiger partial charge in [-0.25, -0.2) is 4.39 Å². The van der Waals surface area contributed by atoms with Gasteiger partial charge in [0.15, 0.2) is 11.6 Å². The number of phenolic OH excluding ortho intramolecular Hbond substituents is 1. The van der Waals surface area contributed by atoms with Gasteiger partial charge in [0.05, 0.1) is 0 Å². The molecule has 0 saturated carbocycles.